The predicted octanol–water partition coefficient (Wildman–Crippen LogP) is 1.47. The zero-order valence-electron chi connectivity index (χ0n) is 10.0. The summed E-state index contributed by atoms with van der Waals surface area (Å²) in [5.41, 5.74) is 2.41. The van der Waals surface area contributed by atoms with Crippen molar-refractivity contribution in [1.82, 2.24) is 0 Å². The van der Waals surface area contributed by atoms with Crippen molar-refractivity contribution in [3.8, 4) is 0 Å². The van der Waals surface area contributed by atoms with Gasteiger partial charge in [0.15, 0.2) is 0 Å². The Labute approximate surface area is 116 Å². The van der Waals surface area contributed by atoms with Crippen LogP contribution in [0.5, 0.6) is 0 Å². The van der Waals surface area contributed by atoms with Crippen LogP contribution in [0.15, 0.2) is 53.0 Å². The van der Waals surface area contributed by atoms with E-state index in [0.29, 0.717) is 5.56 Å². The molecule has 0 heterocycles. The Bertz CT molecular complexity index is 495. The summed E-state index contributed by atoms with van der Waals surface area (Å²) in [7, 11) is 1.92. The third-order valence-corrected chi connectivity index (χ3v) is 3.75. The van der Waals surface area contributed by atoms with Gasteiger partial charge in [-0.25, -0.2) is 0 Å². The molecule has 2 aromatic carbocycles. The van der Waals surface area contributed by atoms with Crippen LogP contribution in [0, 0.1) is 0 Å². The quantitative estimate of drug-likeness (QED) is 0.843. The van der Waals surface area contributed by atoms with E-state index in [2.05, 4.69) is 15.9 Å². The number of hydrogen-bond acceptors (Lipinski definition) is 2. The van der Waals surface area contributed by atoms with E-state index in [0.717, 1.165) is 15.5 Å². The highest BCUT2D eigenvalue weighted by Crippen LogP contribution is 2.31. The van der Waals surface area contributed by atoms with Crippen LogP contribution in [0.3, 0.4) is 0 Å². The van der Waals surface area contributed by atoms with Gasteiger partial charge >= 0.3 is 0 Å². The Morgan fingerprint density at radius 3 is 1.94 bits per heavy atom. The van der Waals surface area contributed by atoms with Gasteiger partial charge in [-0.3, -0.25) is 0 Å². The molecule has 0 bridgehead atoms. The molecule has 2 atom stereocenters. The molecule has 2 rings (SSSR count). The van der Waals surface area contributed by atoms with Crippen LogP contribution in [0.25, 0.3) is 0 Å². The minimum absolute atomic E-state index is 0.688. The summed E-state index contributed by atoms with van der Waals surface area (Å²) in [6.07, 6.45) is -1.87. The van der Waals surface area contributed by atoms with Crippen LogP contribution in [0.2, 0.25) is 0 Å². The van der Waals surface area contributed by atoms with Crippen LogP contribution in [-0.2, 0) is 0 Å². The Kier molecular flexibility index (Phi) is 4.22. The maximum atomic E-state index is 10.3. The maximum absolute atomic E-state index is 10.3. The van der Waals surface area contributed by atoms with E-state index in [-0.39, 0.29) is 0 Å². The van der Waals surface area contributed by atoms with Crippen molar-refractivity contribution < 1.29 is 10.2 Å². The van der Waals surface area contributed by atoms with Crippen molar-refractivity contribution in [2.24, 2.45) is 0 Å². The van der Waals surface area contributed by atoms with Gasteiger partial charge in [-0.15, -0.1) is 0 Å². The topological polar surface area (TPSA) is 40.5 Å². The Balaban J connectivity index is 2.33. The molecule has 0 radical (unpaired) electrons. The number of benzene rings is 2. The van der Waals surface area contributed by atoms with Crippen molar-refractivity contribution >= 4 is 29.2 Å². The molecule has 0 saturated heterocycles. The van der Waals surface area contributed by atoms with E-state index in [1.54, 1.807) is 6.07 Å². The molecule has 0 amide bonds. The molecule has 2 nitrogen and oxygen atoms in total. The molecule has 0 fully saturated rings. The molecule has 0 aliphatic heterocycles. The van der Waals surface area contributed by atoms with E-state index in [9.17, 15) is 10.2 Å². The van der Waals surface area contributed by atoms with Crippen molar-refractivity contribution in [3.63, 3.8) is 0 Å². The first-order valence-corrected chi connectivity index (χ1v) is 6.56. The molecule has 0 aliphatic carbocycles. The lowest BCUT2D eigenvalue weighted by molar-refractivity contribution is 0.0174. The standard InChI is InChI=1S/C14H14BBrO2/c15-11-7-3-1-5-9(11)13(17)14(18)10-6-2-4-8-12(10)16/h1-8,13-14,17-18H,15H2/t13-,14-/m1/s1. The van der Waals surface area contributed by atoms with Gasteiger partial charge in [0, 0.05) is 4.47 Å². The fourth-order valence-corrected chi connectivity index (χ4v) is 2.49. The third kappa shape index (κ3) is 2.66. The van der Waals surface area contributed by atoms with Crippen LogP contribution >= 0.6 is 15.9 Å². The molecule has 0 unspecified atom stereocenters. The second-order valence-electron chi connectivity index (χ2n) is 4.27. The first-order chi connectivity index (χ1) is 8.61. The first kappa shape index (κ1) is 13.3. The lowest BCUT2D eigenvalue weighted by Gasteiger charge is -2.21. The highest BCUT2D eigenvalue weighted by atomic mass is 79.9. The largest absolute Gasteiger partial charge is 0.385 e. The van der Waals surface area contributed by atoms with Crippen LogP contribution in [0.4, 0.5) is 0 Å². The highest BCUT2D eigenvalue weighted by Gasteiger charge is 2.22. The molecule has 0 saturated carbocycles. The minimum atomic E-state index is -0.943. The van der Waals surface area contributed by atoms with Gasteiger partial charge in [-0.1, -0.05) is 63.9 Å². The third-order valence-electron chi connectivity index (χ3n) is 3.03. The number of halogens is 1. The summed E-state index contributed by atoms with van der Waals surface area (Å²) < 4.78 is 0.796. The van der Waals surface area contributed by atoms with E-state index in [1.807, 2.05) is 50.3 Å². The number of aliphatic hydroxyl groups excluding tert-OH is 2. The number of rotatable bonds is 3. The summed E-state index contributed by atoms with van der Waals surface area (Å²) in [5.74, 6) is 0. The average molecular weight is 305 g/mol. The molecule has 18 heavy (non-hydrogen) atoms. The average Bonchev–Trinajstić information content (AvgIpc) is 2.38. The molecular weight excluding hydrogens is 291 g/mol. The van der Waals surface area contributed by atoms with Gasteiger partial charge in [-0.2, -0.15) is 0 Å². The Hall–Kier alpha value is -1.10. The fourth-order valence-electron chi connectivity index (χ4n) is 1.97. The van der Waals surface area contributed by atoms with E-state index < -0.39 is 12.2 Å². The molecule has 0 spiro atoms. The second-order valence-corrected chi connectivity index (χ2v) is 5.12. The van der Waals surface area contributed by atoms with Crippen LogP contribution in [0.1, 0.15) is 23.3 Å². The lowest BCUT2D eigenvalue weighted by atomic mass is 9.85. The number of aliphatic hydroxyl groups is 2. The lowest BCUT2D eigenvalue weighted by Crippen LogP contribution is -2.19. The number of hydrogen-bond donors (Lipinski definition) is 2. The molecule has 4 heteroatoms. The molecule has 0 aliphatic rings. The van der Waals surface area contributed by atoms with E-state index >= 15 is 0 Å². The summed E-state index contributed by atoms with van der Waals surface area (Å²) in [6.45, 7) is 0. The zero-order valence-corrected chi connectivity index (χ0v) is 11.6. The van der Waals surface area contributed by atoms with Gasteiger partial charge < -0.3 is 10.2 Å². The van der Waals surface area contributed by atoms with E-state index in [4.69, 9.17) is 0 Å². The first-order valence-electron chi connectivity index (χ1n) is 5.77. The van der Waals surface area contributed by atoms with Gasteiger partial charge in [0.05, 0.1) is 0 Å². The Morgan fingerprint density at radius 1 is 0.833 bits per heavy atom. The zero-order chi connectivity index (χ0) is 13.1. The smallest absolute Gasteiger partial charge is 0.139 e. The summed E-state index contributed by atoms with van der Waals surface area (Å²) >= 11 is 3.39. The monoisotopic (exact) mass is 304 g/mol. The molecular formula is C14H14BBrO2. The molecule has 2 aromatic rings. The van der Waals surface area contributed by atoms with Crippen LogP contribution < -0.4 is 5.46 Å². The summed E-state index contributed by atoms with van der Waals surface area (Å²) in [4.78, 5) is 0. The van der Waals surface area contributed by atoms with Gasteiger partial charge in [-0.05, 0) is 17.2 Å². The molecule has 2 N–H and O–H groups in total. The highest BCUT2D eigenvalue weighted by molar-refractivity contribution is 9.10. The van der Waals surface area contributed by atoms with Gasteiger partial charge in [0.25, 0.3) is 0 Å². The van der Waals surface area contributed by atoms with E-state index in [1.165, 1.54) is 0 Å². The normalized spacial score (nSPS) is 14.2. The second kappa shape index (κ2) is 5.70. The predicted molar refractivity (Wildman–Crippen MR) is 78.7 cm³/mol. The van der Waals surface area contributed by atoms with Gasteiger partial charge in [0.2, 0.25) is 0 Å². The molecule has 92 valence electrons. The fraction of sp³-hybridized carbons (Fsp3) is 0.143. The van der Waals surface area contributed by atoms with Gasteiger partial charge in [0.1, 0.15) is 20.1 Å². The van der Waals surface area contributed by atoms with Crippen molar-refractivity contribution in [3.05, 3.63) is 64.1 Å². The van der Waals surface area contributed by atoms with Crippen molar-refractivity contribution in [1.29, 1.82) is 0 Å². The Morgan fingerprint density at radius 2 is 1.33 bits per heavy atom. The summed E-state index contributed by atoms with van der Waals surface area (Å²) in [6, 6.07) is 14.9. The van der Waals surface area contributed by atoms with Crippen LogP contribution in [-0.4, -0.2) is 18.1 Å². The minimum Gasteiger partial charge on any atom is -0.385 e. The van der Waals surface area contributed by atoms with Crippen molar-refractivity contribution in [2.45, 2.75) is 12.2 Å². The maximum Gasteiger partial charge on any atom is 0.139 e. The van der Waals surface area contributed by atoms with Crippen molar-refractivity contribution in [2.75, 3.05) is 0 Å². The molecule has 0 aromatic heterocycles. The SMILES string of the molecule is Bc1ccccc1[C@@H](O)[C@H](O)c1ccccc1Br. The summed E-state index contributed by atoms with van der Waals surface area (Å²) in [5, 5.41) is 20.5.